The van der Waals surface area contributed by atoms with Gasteiger partial charge in [-0.05, 0) is 51.0 Å². The number of anilines is 1. The lowest BCUT2D eigenvalue weighted by atomic mass is 10.1. The maximum Gasteiger partial charge on any atom is 0.260 e. The Balaban J connectivity index is 0.00000117. The summed E-state index contributed by atoms with van der Waals surface area (Å²) in [4.78, 5) is 17.4. The van der Waals surface area contributed by atoms with Crippen molar-refractivity contribution in [3.05, 3.63) is 53.9 Å². The van der Waals surface area contributed by atoms with Crippen molar-refractivity contribution >= 4 is 11.7 Å². The summed E-state index contributed by atoms with van der Waals surface area (Å²) < 4.78 is 7.92. The lowest BCUT2D eigenvalue weighted by Gasteiger charge is -2.17. The Hall–Kier alpha value is -3.22. The van der Waals surface area contributed by atoms with Crippen molar-refractivity contribution in [1.82, 2.24) is 19.7 Å². The average molecular weight is 393 g/mol. The number of nitrogens with one attached hydrogen (secondary N) is 1. The SMILES string of the molecule is CC.Cc1ccc2c(c1)C(=O)Nc1cccc(n1)-c1nncn1C(C)CCCO2. The molecule has 0 spiro atoms. The lowest BCUT2D eigenvalue weighted by molar-refractivity contribution is 0.102. The third-order valence-corrected chi connectivity index (χ3v) is 4.67. The first-order valence-corrected chi connectivity index (χ1v) is 10.0. The number of hydrogen-bond acceptors (Lipinski definition) is 5. The minimum atomic E-state index is -0.245. The van der Waals surface area contributed by atoms with Crippen molar-refractivity contribution in [2.45, 2.75) is 46.6 Å². The van der Waals surface area contributed by atoms with E-state index in [2.05, 4.69) is 27.4 Å². The first-order valence-electron chi connectivity index (χ1n) is 10.0. The molecule has 7 heteroatoms. The molecule has 1 aliphatic rings. The molecule has 1 amide bonds. The fourth-order valence-corrected chi connectivity index (χ4v) is 3.21. The number of carbonyl (C=O) groups excluding carboxylic acids is 1. The normalized spacial score (nSPS) is 16.1. The van der Waals surface area contributed by atoms with Gasteiger partial charge in [0.1, 0.15) is 23.6 Å². The van der Waals surface area contributed by atoms with E-state index in [4.69, 9.17) is 4.74 Å². The molecule has 1 atom stereocenters. The molecular weight excluding hydrogens is 366 g/mol. The molecule has 1 unspecified atom stereocenters. The summed E-state index contributed by atoms with van der Waals surface area (Å²) in [5.41, 5.74) is 2.18. The van der Waals surface area contributed by atoms with Gasteiger partial charge in [-0.25, -0.2) is 4.98 Å². The molecule has 0 radical (unpaired) electrons. The summed E-state index contributed by atoms with van der Waals surface area (Å²) in [6.07, 6.45) is 3.47. The van der Waals surface area contributed by atoms with Crippen LogP contribution in [0.5, 0.6) is 5.75 Å². The number of hydrogen-bond donors (Lipinski definition) is 1. The van der Waals surface area contributed by atoms with Crippen molar-refractivity contribution in [3.8, 4) is 17.3 Å². The zero-order chi connectivity index (χ0) is 20.8. The van der Waals surface area contributed by atoms with Crippen LogP contribution in [0.4, 0.5) is 5.82 Å². The van der Waals surface area contributed by atoms with E-state index in [1.54, 1.807) is 12.4 Å². The summed E-state index contributed by atoms with van der Waals surface area (Å²) in [5.74, 6) is 1.49. The van der Waals surface area contributed by atoms with Crippen LogP contribution in [0.1, 0.15) is 55.6 Å². The minimum Gasteiger partial charge on any atom is -0.493 e. The first-order chi connectivity index (χ1) is 14.1. The molecule has 1 aliphatic heterocycles. The fourth-order valence-electron chi connectivity index (χ4n) is 3.21. The summed E-state index contributed by atoms with van der Waals surface area (Å²) in [6, 6.07) is 11.3. The Labute approximate surface area is 171 Å². The third-order valence-electron chi connectivity index (χ3n) is 4.67. The number of amides is 1. The second-order valence-electron chi connectivity index (χ2n) is 6.76. The van der Waals surface area contributed by atoms with Gasteiger partial charge in [-0.2, -0.15) is 0 Å². The number of aromatic nitrogens is 4. The quantitative estimate of drug-likeness (QED) is 0.601. The lowest BCUT2D eigenvalue weighted by Crippen LogP contribution is -2.16. The molecule has 3 heterocycles. The maximum atomic E-state index is 12.8. The molecule has 152 valence electrons. The predicted octanol–water partition coefficient (Wildman–Crippen LogP) is 4.66. The minimum absolute atomic E-state index is 0.207. The van der Waals surface area contributed by atoms with Crippen LogP contribution in [-0.2, 0) is 0 Å². The highest BCUT2D eigenvalue weighted by Crippen LogP contribution is 2.25. The van der Waals surface area contributed by atoms with Gasteiger partial charge >= 0.3 is 0 Å². The standard InChI is InChI=1S/C20H21N5O2.C2H6/c1-13-8-9-17-15(11-13)20(26)23-18-7-3-6-16(22-18)19-24-21-12-25(19)14(2)5-4-10-27-17;1-2/h3,6-9,11-12,14H,4-5,10H2,1-2H3,(H,22,23,26);1-2H3. The van der Waals surface area contributed by atoms with Crippen LogP contribution in [0.25, 0.3) is 11.5 Å². The summed E-state index contributed by atoms with van der Waals surface area (Å²) >= 11 is 0. The molecule has 29 heavy (non-hydrogen) atoms. The molecule has 7 nitrogen and oxygen atoms in total. The van der Waals surface area contributed by atoms with Gasteiger partial charge < -0.3 is 14.6 Å². The molecule has 1 aromatic carbocycles. The van der Waals surface area contributed by atoms with Crippen LogP contribution in [0.3, 0.4) is 0 Å². The van der Waals surface area contributed by atoms with E-state index in [-0.39, 0.29) is 11.9 Å². The van der Waals surface area contributed by atoms with Gasteiger partial charge in [-0.15, -0.1) is 10.2 Å². The van der Waals surface area contributed by atoms with Gasteiger partial charge in [0.25, 0.3) is 5.91 Å². The summed E-state index contributed by atoms with van der Waals surface area (Å²) in [5, 5.41) is 11.1. The van der Waals surface area contributed by atoms with E-state index in [1.165, 1.54) is 0 Å². The number of ether oxygens (including phenoxy) is 1. The smallest absolute Gasteiger partial charge is 0.260 e. The van der Waals surface area contributed by atoms with Crippen molar-refractivity contribution in [1.29, 1.82) is 0 Å². The predicted molar refractivity (Wildman–Crippen MR) is 113 cm³/mol. The highest BCUT2D eigenvalue weighted by Gasteiger charge is 2.18. The van der Waals surface area contributed by atoms with Gasteiger partial charge in [0, 0.05) is 6.04 Å². The fraction of sp³-hybridized carbons (Fsp3) is 0.364. The Morgan fingerprint density at radius 1 is 1.21 bits per heavy atom. The molecule has 0 fully saturated rings. The topological polar surface area (TPSA) is 81.9 Å². The molecule has 4 rings (SSSR count). The first kappa shape index (κ1) is 20.5. The van der Waals surface area contributed by atoms with E-state index in [9.17, 15) is 4.79 Å². The highest BCUT2D eigenvalue weighted by atomic mass is 16.5. The largest absolute Gasteiger partial charge is 0.493 e. The van der Waals surface area contributed by atoms with E-state index >= 15 is 0 Å². The van der Waals surface area contributed by atoms with Crippen LogP contribution in [0, 0.1) is 6.92 Å². The number of nitrogens with zero attached hydrogens (tertiary/aromatic N) is 4. The molecule has 0 saturated heterocycles. The Morgan fingerprint density at radius 2 is 2.03 bits per heavy atom. The van der Waals surface area contributed by atoms with Gasteiger partial charge in [0.2, 0.25) is 0 Å². The number of fused-ring (bicyclic) bond motifs is 5. The van der Waals surface area contributed by atoms with Gasteiger partial charge in [0.15, 0.2) is 5.82 Å². The van der Waals surface area contributed by atoms with Crippen LogP contribution in [0.15, 0.2) is 42.7 Å². The van der Waals surface area contributed by atoms with E-state index in [0.29, 0.717) is 35.3 Å². The summed E-state index contributed by atoms with van der Waals surface area (Å²) in [6.45, 7) is 8.61. The second kappa shape index (κ2) is 9.32. The van der Waals surface area contributed by atoms with E-state index in [0.717, 1.165) is 18.4 Å². The number of aryl methyl sites for hydroxylation is 1. The number of rotatable bonds is 0. The maximum absolute atomic E-state index is 12.8. The van der Waals surface area contributed by atoms with Gasteiger partial charge in [-0.1, -0.05) is 31.5 Å². The Morgan fingerprint density at radius 3 is 2.86 bits per heavy atom. The second-order valence-corrected chi connectivity index (χ2v) is 6.76. The third kappa shape index (κ3) is 4.62. The van der Waals surface area contributed by atoms with Gasteiger partial charge in [-0.3, -0.25) is 4.79 Å². The zero-order valence-corrected chi connectivity index (χ0v) is 17.3. The van der Waals surface area contributed by atoms with E-state index in [1.807, 2.05) is 55.7 Å². The average Bonchev–Trinajstić information content (AvgIpc) is 3.23. The number of pyridine rings is 1. The van der Waals surface area contributed by atoms with Gasteiger partial charge in [0.05, 0.1) is 12.2 Å². The Bertz CT molecular complexity index is 983. The number of carbonyl (C=O) groups is 1. The van der Waals surface area contributed by atoms with Crippen molar-refractivity contribution in [2.24, 2.45) is 0 Å². The summed E-state index contributed by atoms with van der Waals surface area (Å²) in [7, 11) is 0. The molecule has 0 aliphatic carbocycles. The number of benzene rings is 1. The van der Waals surface area contributed by atoms with E-state index < -0.39 is 0 Å². The molecule has 2 bridgehead atoms. The van der Waals surface area contributed by atoms with Crippen molar-refractivity contribution in [2.75, 3.05) is 11.9 Å². The van der Waals surface area contributed by atoms with Crippen LogP contribution >= 0.6 is 0 Å². The van der Waals surface area contributed by atoms with Crippen LogP contribution in [-0.4, -0.2) is 32.3 Å². The monoisotopic (exact) mass is 393 g/mol. The van der Waals surface area contributed by atoms with Crippen LogP contribution < -0.4 is 10.1 Å². The highest BCUT2D eigenvalue weighted by molar-refractivity contribution is 6.06. The van der Waals surface area contributed by atoms with Crippen LogP contribution in [0.2, 0.25) is 0 Å². The zero-order valence-electron chi connectivity index (χ0n) is 17.3. The molecule has 0 saturated carbocycles. The van der Waals surface area contributed by atoms with Crippen molar-refractivity contribution < 1.29 is 9.53 Å². The van der Waals surface area contributed by atoms with Crippen molar-refractivity contribution in [3.63, 3.8) is 0 Å². The Kier molecular flexibility index (Phi) is 6.59. The molecule has 3 aromatic rings. The molecule has 1 N–H and O–H groups in total. The molecule has 2 aromatic heterocycles. The molecular formula is C22H27N5O2.